The standard InChI is InChI=1S/C15H31N/c1-4-6-7-14-8-10-15(3,11-9-14)13-16-12-5-2/h14,16H,4-13H2,1-3H3. The fourth-order valence-corrected chi connectivity index (χ4v) is 2.90. The highest BCUT2D eigenvalue weighted by Gasteiger charge is 2.30. The Morgan fingerprint density at radius 1 is 1.12 bits per heavy atom. The lowest BCUT2D eigenvalue weighted by molar-refractivity contribution is 0.159. The molecule has 0 radical (unpaired) electrons. The van der Waals surface area contributed by atoms with Crippen molar-refractivity contribution in [1.82, 2.24) is 5.32 Å². The van der Waals surface area contributed by atoms with Crippen LogP contribution in [0.3, 0.4) is 0 Å². The molecule has 0 amide bonds. The van der Waals surface area contributed by atoms with E-state index in [0.29, 0.717) is 5.41 Å². The van der Waals surface area contributed by atoms with Crippen molar-refractivity contribution in [2.75, 3.05) is 13.1 Å². The molecule has 96 valence electrons. The summed E-state index contributed by atoms with van der Waals surface area (Å²) in [6, 6.07) is 0. The summed E-state index contributed by atoms with van der Waals surface area (Å²) in [6.07, 6.45) is 11.4. The van der Waals surface area contributed by atoms with E-state index < -0.39 is 0 Å². The highest BCUT2D eigenvalue weighted by molar-refractivity contribution is 4.83. The molecule has 1 aliphatic rings. The van der Waals surface area contributed by atoms with Gasteiger partial charge in [0.05, 0.1) is 0 Å². The molecule has 0 aromatic heterocycles. The summed E-state index contributed by atoms with van der Waals surface area (Å²) in [6.45, 7) is 9.46. The van der Waals surface area contributed by atoms with Gasteiger partial charge in [-0.2, -0.15) is 0 Å². The van der Waals surface area contributed by atoms with Crippen LogP contribution in [0.2, 0.25) is 0 Å². The molecule has 1 N–H and O–H groups in total. The summed E-state index contributed by atoms with van der Waals surface area (Å²) < 4.78 is 0. The maximum Gasteiger partial charge on any atom is 0.000516 e. The zero-order valence-electron chi connectivity index (χ0n) is 11.6. The molecule has 16 heavy (non-hydrogen) atoms. The van der Waals surface area contributed by atoms with Crippen molar-refractivity contribution in [1.29, 1.82) is 0 Å². The van der Waals surface area contributed by atoms with Crippen molar-refractivity contribution in [2.24, 2.45) is 11.3 Å². The lowest BCUT2D eigenvalue weighted by Crippen LogP contribution is -2.35. The van der Waals surface area contributed by atoms with Crippen LogP contribution in [0.4, 0.5) is 0 Å². The van der Waals surface area contributed by atoms with Crippen molar-refractivity contribution >= 4 is 0 Å². The zero-order chi connectivity index (χ0) is 11.9. The monoisotopic (exact) mass is 225 g/mol. The van der Waals surface area contributed by atoms with E-state index in [0.717, 1.165) is 5.92 Å². The summed E-state index contributed by atoms with van der Waals surface area (Å²) in [7, 11) is 0. The highest BCUT2D eigenvalue weighted by atomic mass is 14.9. The SMILES string of the molecule is CCCCC1CCC(C)(CNCCC)CC1. The van der Waals surface area contributed by atoms with Gasteiger partial charge in [0.25, 0.3) is 0 Å². The largest absolute Gasteiger partial charge is 0.316 e. The van der Waals surface area contributed by atoms with E-state index in [1.165, 1.54) is 64.5 Å². The molecule has 0 bridgehead atoms. The van der Waals surface area contributed by atoms with E-state index >= 15 is 0 Å². The van der Waals surface area contributed by atoms with Gasteiger partial charge in [-0.25, -0.2) is 0 Å². The number of rotatable bonds is 7. The normalized spacial score (nSPS) is 30.6. The van der Waals surface area contributed by atoms with Gasteiger partial charge in [-0.05, 0) is 50.0 Å². The van der Waals surface area contributed by atoms with Gasteiger partial charge >= 0.3 is 0 Å². The van der Waals surface area contributed by atoms with Crippen LogP contribution in [-0.4, -0.2) is 13.1 Å². The molecule has 0 spiro atoms. The van der Waals surface area contributed by atoms with Gasteiger partial charge in [0, 0.05) is 6.54 Å². The Balaban J connectivity index is 2.18. The minimum absolute atomic E-state index is 0.595. The molecule has 0 aromatic carbocycles. The van der Waals surface area contributed by atoms with Crippen molar-refractivity contribution < 1.29 is 0 Å². The van der Waals surface area contributed by atoms with Crippen molar-refractivity contribution in [3.05, 3.63) is 0 Å². The summed E-state index contributed by atoms with van der Waals surface area (Å²) in [4.78, 5) is 0. The fraction of sp³-hybridized carbons (Fsp3) is 1.00. The van der Waals surface area contributed by atoms with Crippen LogP contribution < -0.4 is 5.32 Å². The number of unbranched alkanes of at least 4 members (excludes halogenated alkanes) is 1. The van der Waals surface area contributed by atoms with E-state index in [1.54, 1.807) is 0 Å². The summed E-state index contributed by atoms with van der Waals surface area (Å²) >= 11 is 0. The number of nitrogens with one attached hydrogen (secondary N) is 1. The molecule has 1 saturated carbocycles. The maximum atomic E-state index is 3.60. The molecule has 0 atom stereocenters. The van der Waals surface area contributed by atoms with Crippen molar-refractivity contribution in [3.63, 3.8) is 0 Å². The Hall–Kier alpha value is -0.0400. The smallest absolute Gasteiger partial charge is 0.000516 e. The Morgan fingerprint density at radius 2 is 1.81 bits per heavy atom. The Kier molecular flexibility index (Phi) is 6.41. The molecule has 1 rings (SSSR count). The molecule has 1 aliphatic carbocycles. The van der Waals surface area contributed by atoms with Crippen LogP contribution in [0.1, 0.15) is 72.1 Å². The Bertz CT molecular complexity index is 168. The first-order valence-corrected chi connectivity index (χ1v) is 7.41. The highest BCUT2D eigenvalue weighted by Crippen LogP contribution is 2.39. The second-order valence-electron chi connectivity index (χ2n) is 6.07. The van der Waals surface area contributed by atoms with Crippen LogP contribution in [0.15, 0.2) is 0 Å². The van der Waals surface area contributed by atoms with Crippen LogP contribution in [0.25, 0.3) is 0 Å². The zero-order valence-corrected chi connectivity index (χ0v) is 11.6. The average Bonchev–Trinajstić information content (AvgIpc) is 2.29. The first kappa shape index (κ1) is 14.0. The van der Waals surface area contributed by atoms with Crippen LogP contribution >= 0.6 is 0 Å². The second-order valence-corrected chi connectivity index (χ2v) is 6.07. The third-order valence-corrected chi connectivity index (χ3v) is 4.26. The van der Waals surface area contributed by atoms with Gasteiger partial charge in [0.1, 0.15) is 0 Å². The third kappa shape index (κ3) is 4.86. The number of hydrogen-bond donors (Lipinski definition) is 1. The molecule has 0 heterocycles. The van der Waals surface area contributed by atoms with Crippen molar-refractivity contribution in [2.45, 2.75) is 72.1 Å². The Labute approximate surface area is 102 Å². The van der Waals surface area contributed by atoms with Gasteiger partial charge in [0.15, 0.2) is 0 Å². The van der Waals surface area contributed by atoms with Gasteiger partial charge in [0.2, 0.25) is 0 Å². The van der Waals surface area contributed by atoms with Gasteiger partial charge in [-0.15, -0.1) is 0 Å². The second kappa shape index (κ2) is 7.32. The minimum atomic E-state index is 0.595. The van der Waals surface area contributed by atoms with Crippen LogP contribution in [0, 0.1) is 11.3 Å². The van der Waals surface area contributed by atoms with Gasteiger partial charge in [-0.3, -0.25) is 0 Å². The number of hydrogen-bond acceptors (Lipinski definition) is 1. The van der Waals surface area contributed by atoms with E-state index in [2.05, 4.69) is 26.1 Å². The van der Waals surface area contributed by atoms with Gasteiger partial charge < -0.3 is 5.32 Å². The lowest BCUT2D eigenvalue weighted by Gasteiger charge is -2.37. The maximum absolute atomic E-state index is 3.60. The summed E-state index contributed by atoms with van der Waals surface area (Å²) in [5.41, 5.74) is 0.595. The van der Waals surface area contributed by atoms with Gasteiger partial charge in [-0.1, -0.05) is 40.0 Å². The van der Waals surface area contributed by atoms with Crippen LogP contribution in [-0.2, 0) is 0 Å². The molecule has 0 saturated heterocycles. The molecular formula is C15H31N. The molecule has 0 aliphatic heterocycles. The summed E-state index contributed by atoms with van der Waals surface area (Å²) in [5.74, 6) is 1.04. The fourth-order valence-electron chi connectivity index (χ4n) is 2.90. The Morgan fingerprint density at radius 3 is 2.38 bits per heavy atom. The van der Waals surface area contributed by atoms with Crippen LogP contribution in [0.5, 0.6) is 0 Å². The third-order valence-electron chi connectivity index (χ3n) is 4.26. The average molecular weight is 225 g/mol. The van der Waals surface area contributed by atoms with E-state index in [9.17, 15) is 0 Å². The topological polar surface area (TPSA) is 12.0 Å². The summed E-state index contributed by atoms with van der Waals surface area (Å²) in [5, 5.41) is 3.60. The molecule has 1 heteroatoms. The molecule has 0 aromatic rings. The first-order chi connectivity index (χ1) is 7.70. The minimum Gasteiger partial charge on any atom is -0.316 e. The van der Waals surface area contributed by atoms with E-state index in [1.807, 2.05) is 0 Å². The molecular weight excluding hydrogens is 194 g/mol. The van der Waals surface area contributed by atoms with E-state index in [-0.39, 0.29) is 0 Å². The first-order valence-electron chi connectivity index (χ1n) is 7.41. The van der Waals surface area contributed by atoms with Crippen molar-refractivity contribution in [3.8, 4) is 0 Å². The lowest BCUT2D eigenvalue weighted by atomic mass is 9.70. The predicted molar refractivity (Wildman–Crippen MR) is 72.8 cm³/mol. The molecule has 1 nitrogen and oxygen atoms in total. The van der Waals surface area contributed by atoms with E-state index in [4.69, 9.17) is 0 Å². The molecule has 1 fully saturated rings. The quantitative estimate of drug-likeness (QED) is 0.634. The predicted octanol–water partition coefficient (Wildman–Crippen LogP) is 4.37. The molecule has 0 unspecified atom stereocenters.